The molecule has 0 spiro atoms. The predicted molar refractivity (Wildman–Crippen MR) is 86.2 cm³/mol. The van der Waals surface area contributed by atoms with E-state index in [1.807, 2.05) is 25.1 Å². The lowest BCUT2D eigenvalue weighted by Gasteiger charge is -2.20. The van der Waals surface area contributed by atoms with Crippen LogP contribution in [0.25, 0.3) is 6.08 Å². The van der Waals surface area contributed by atoms with E-state index in [9.17, 15) is 9.90 Å². The molecule has 1 aromatic carbocycles. The Morgan fingerprint density at radius 2 is 2.10 bits per heavy atom. The molecule has 0 heterocycles. The molecule has 1 saturated carbocycles. The zero-order valence-electron chi connectivity index (χ0n) is 12.3. The first-order valence-electron chi connectivity index (χ1n) is 7.49. The Labute approximate surface area is 131 Å². The van der Waals surface area contributed by atoms with Gasteiger partial charge in [0.05, 0.1) is 12.1 Å². The van der Waals surface area contributed by atoms with Crippen LogP contribution in [0.1, 0.15) is 43.2 Å². The second-order valence-corrected chi connectivity index (χ2v) is 6.07. The quantitative estimate of drug-likeness (QED) is 0.663. The van der Waals surface area contributed by atoms with Crippen molar-refractivity contribution in [1.82, 2.24) is 5.32 Å². The summed E-state index contributed by atoms with van der Waals surface area (Å²) in [6.07, 6.45) is 7.63. The van der Waals surface area contributed by atoms with Gasteiger partial charge in [-0.05, 0) is 43.0 Å². The van der Waals surface area contributed by atoms with Crippen LogP contribution in [0, 0.1) is 6.92 Å². The van der Waals surface area contributed by atoms with Crippen LogP contribution in [0.3, 0.4) is 0 Å². The molecule has 3 nitrogen and oxygen atoms in total. The highest BCUT2D eigenvalue weighted by Gasteiger charge is 2.22. The normalized spacial score (nSPS) is 23.0. The van der Waals surface area contributed by atoms with Crippen molar-refractivity contribution in [2.45, 2.75) is 51.2 Å². The third-order valence-electron chi connectivity index (χ3n) is 3.93. The number of hydrogen-bond donors (Lipinski definition) is 2. The molecular formula is C17H22ClNO2. The third-order valence-corrected chi connectivity index (χ3v) is 4.34. The Kier molecular flexibility index (Phi) is 5.83. The minimum Gasteiger partial charge on any atom is -0.391 e. The SMILES string of the molecule is Cc1ccc(/C=C/C(=O)NC2CCCCCC2O)cc1Cl. The summed E-state index contributed by atoms with van der Waals surface area (Å²) in [4.78, 5) is 12.0. The molecule has 0 aromatic heterocycles. The molecule has 2 N–H and O–H groups in total. The molecular weight excluding hydrogens is 286 g/mol. The van der Waals surface area contributed by atoms with Crippen molar-refractivity contribution in [3.63, 3.8) is 0 Å². The largest absolute Gasteiger partial charge is 0.391 e. The Morgan fingerprint density at radius 1 is 1.33 bits per heavy atom. The number of rotatable bonds is 3. The number of aryl methyl sites for hydroxylation is 1. The van der Waals surface area contributed by atoms with Gasteiger partial charge in [-0.1, -0.05) is 43.0 Å². The van der Waals surface area contributed by atoms with Crippen LogP contribution in [0.15, 0.2) is 24.3 Å². The maximum Gasteiger partial charge on any atom is 0.244 e. The standard InChI is InChI=1S/C17H22ClNO2/c1-12-7-8-13(11-14(12)18)9-10-17(21)19-15-5-3-2-4-6-16(15)20/h7-11,15-16,20H,2-6H2,1H3,(H,19,21)/b10-9+. The van der Waals surface area contributed by atoms with Crippen molar-refractivity contribution >= 4 is 23.6 Å². The summed E-state index contributed by atoms with van der Waals surface area (Å²) in [6, 6.07) is 5.55. The number of amides is 1. The lowest BCUT2D eigenvalue weighted by atomic mass is 10.1. The van der Waals surface area contributed by atoms with Gasteiger partial charge in [0, 0.05) is 11.1 Å². The molecule has 2 rings (SSSR count). The van der Waals surface area contributed by atoms with Crippen LogP contribution >= 0.6 is 11.6 Å². The lowest BCUT2D eigenvalue weighted by molar-refractivity contribution is -0.118. The number of carbonyl (C=O) groups is 1. The van der Waals surface area contributed by atoms with Crippen LogP contribution in [-0.2, 0) is 4.79 Å². The van der Waals surface area contributed by atoms with E-state index >= 15 is 0 Å². The van der Waals surface area contributed by atoms with Gasteiger partial charge >= 0.3 is 0 Å². The summed E-state index contributed by atoms with van der Waals surface area (Å²) in [6.45, 7) is 1.94. The first-order valence-corrected chi connectivity index (χ1v) is 7.87. The number of carbonyl (C=O) groups excluding carboxylic acids is 1. The maximum absolute atomic E-state index is 12.0. The highest BCUT2D eigenvalue weighted by Crippen LogP contribution is 2.19. The summed E-state index contributed by atoms with van der Waals surface area (Å²) in [5.41, 5.74) is 1.90. The molecule has 1 aromatic rings. The van der Waals surface area contributed by atoms with Crippen molar-refractivity contribution in [2.75, 3.05) is 0 Å². The van der Waals surface area contributed by atoms with Crippen molar-refractivity contribution in [3.05, 3.63) is 40.4 Å². The molecule has 4 heteroatoms. The monoisotopic (exact) mass is 307 g/mol. The molecule has 21 heavy (non-hydrogen) atoms. The molecule has 1 aliphatic rings. The van der Waals surface area contributed by atoms with Gasteiger partial charge in [-0.2, -0.15) is 0 Å². The molecule has 1 amide bonds. The van der Waals surface area contributed by atoms with Crippen LogP contribution in [0.5, 0.6) is 0 Å². The van der Waals surface area contributed by atoms with E-state index < -0.39 is 6.10 Å². The summed E-state index contributed by atoms with van der Waals surface area (Å²) in [5.74, 6) is -0.169. The Balaban J connectivity index is 1.93. The van der Waals surface area contributed by atoms with Gasteiger partial charge < -0.3 is 10.4 Å². The van der Waals surface area contributed by atoms with E-state index in [4.69, 9.17) is 11.6 Å². The van der Waals surface area contributed by atoms with E-state index in [2.05, 4.69) is 5.32 Å². The number of benzene rings is 1. The second-order valence-electron chi connectivity index (χ2n) is 5.66. The van der Waals surface area contributed by atoms with Crippen LogP contribution in [0.4, 0.5) is 0 Å². The zero-order chi connectivity index (χ0) is 15.2. The molecule has 2 unspecified atom stereocenters. The van der Waals surface area contributed by atoms with Crippen molar-refractivity contribution in [2.24, 2.45) is 0 Å². The molecule has 1 fully saturated rings. The van der Waals surface area contributed by atoms with Gasteiger partial charge in [0.15, 0.2) is 0 Å². The average molecular weight is 308 g/mol. The van der Waals surface area contributed by atoms with Gasteiger partial charge in [0.2, 0.25) is 5.91 Å². The van der Waals surface area contributed by atoms with Crippen LogP contribution in [0.2, 0.25) is 5.02 Å². The topological polar surface area (TPSA) is 49.3 Å². The fourth-order valence-electron chi connectivity index (χ4n) is 2.57. The lowest BCUT2D eigenvalue weighted by Crippen LogP contribution is -2.41. The molecule has 114 valence electrons. The number of aliphatic hydroxyl groups is 1. The Bertz CT molecular complexity index is 528. The Morgan fingerprint density at radius 3 is 2.86 bits per heavy atom. The van der Waals surface area contributed by atoms with E-state index in [1.54, 1.807) is 6.08 Å². The van der Waals surface area contributed by atoms with E-state index in [0.717, 1.165) is 43.2 Å². The molecule has 0 bridgehead atoms. The van der Waals surface area contributed by atoms with Gasteiger partial charge in [0.1, 0.15) is 0 Å². The predicted octanol–water partition coefficient (Wildman–Crippen LogP) is 3.47. The van der Waals surface area contributed by atoms with Crippen molar-refractivity contribution in [3.8, 4) is 0 Å². The average Bonchev–Trinajstić information content (AvgIpc) is 2.65. The summed E-state index contributed by atoms with van der Waals surface area (Å²) in [7, 11) is 0. The van der Waals surface area contributed by atoms with Crippen LogP contribution in [-0.4, -0.2) is 23.2 Å². The molecule has 2 atom stereocenters. The summed E-state index contributed by atoms with van der Waals surface area (Å²) < 4.78 is 0. The molecule has 0 radical (unpaired) electrons. The number of halogens is 1. The minimum atomic E-state index is -0.432. The first-order chi connectivity index (χ1) is 10.1. The second kappa shape index (κ2) is 7.62. The molecule has 0 aliphatic heterocycles. The van der Waals surface area contributed by atoms with Crippen molar-refractivity contribution in [1.29, 1.82) is 0 Å². The minimum absolute atomic E-state index is 0.133. The van der Waals surface area contributed by atoms with Crippen LogP contribution < -0.4 is 5.32 Å². The summed E-state index contributed by atoms with van der Waals surface area (Å²) >= 11 is 6.05. The fraction of sp³-hybridized carbons (Fsp3) is 0.471. The van der Waals surface area contributed by atoms with Gasteiger partial charge in [-0.3, -0.25) is 4.79 Å². The van der Waals surface area contributed by atoms with Gasteiger partial charge in [0.25, 0.3) is 0 Å². The molecule has 0 saturated heterocycles. The van der Waals surface area contributed by atoms with Gasteiger partial charge in [-0.25, -0.2) is 0 Å². The van der Waals surface area contributed by atoms with E-state index in [1.165, 1.54) is 6.08 Å². The highest BCUT2D eigenvalue weighted by molar-refractivity contribution is 6.31. The number of nitrogens with one attached hydrogen (secondary N) is 1. The Hall–Kier alpha value is -1.32. The molecule has 1 aliphatic carbocycles. The summed E-state index contributed by atoms with van der Waals surface area (Å²) in [5, 5.41) is 13.6. The van der Waals surface area contributed by atoms with E-state index in [0.29, 0.717) is 5.02 Å². The zero-order valence-corrected chi connectivity index (χ0v) is 13.1. The van der Waals surface area contributed by atoms with Gasteiger partial charge in [-0.15, -0.1) is 0 Å². The highest BCUT2D eigenvalue weighted by atomic mass is 35.5. The fourth-order valence-corrected chi connectivity index (χ4v) is 2.76. The van der Waals surface area contributed by atoms with Crippen molar-refractivity contribution < 1.29 is 9.90 Å². The maximum atomic E-state index is 12.0. The first kappa shape index (κ1) is 16.1. The smallest absolute Gasteiger partial charge is 0.244 e. The third kappa shape index (κ3) is 4.87. The van der Waals surface area contributed by atoms with E-state index in [-0.39, 0.29) is 11.9 Å². The number of hydrogen-bond acceptors (Lipinski definition) is 2. The number of aliphatic hydroxyl groups excluding tert-OH is 1.